The Hall–Kier alpha value is -1.66. The van der Waals surface area contributed by atoms with Crippen molar-refractivity contribution >= 4 is 23.2 Å². The van der Waals surface area contributed by atoms with Crippen LogP contribution in [0.15, 0.2) is 30.2 Å². The molecule has 0 saturated heterocycles. The fraction of sp³-hybridized carbons (Fsp3) is 0.467. The van der Waals surface area contributed by atoms with Gasteiger partial charge in [-0.25, -0.2) is 0 Å². The lowest BCUT2D eigenvalue weighted by Crippen LogP contribution is -2.45. The molecular weight excluding hydrogens is 288 g/mol. The van der Waals surface area contributed by atoms with Gasteiger partial charge in [0, 0.05) is 11.4 Å². The molecule has 1 aromatic heterocycles. The summed E-state index contributed by atoms with van der Waals surface area (Å²) in [6, 6.07) is 3.31. The highest BCUT2D eigenvalue weighted by Crippen LogP contribution is 2.32. The SMILES string of the molecule is C=CCN(Cc1cccs1)C(=O)CNC(C(=O)O)C1CC1. The topological polar surface area (TPSA) is 69.6 Å². The Kier molecular flexibility index (Phi) is 5.52. The molecule has 1 saturated carbocycles. The fourth-order valence-corrected chi connectivity index (χ4v) is 2.91. The van der Waals surface area contributed by atoms with E-state index >= 15 is 0 Å². The summed E-state index contributed by atoms with van der Waals surface area (Å²) in [5, 5.41) is 14.0. The predicted octanol–water partition coefficient (Wildman–Crippen LogP) is 1.72. The molecule has 1 aromatic rings. The van der Waals surface area contributed by atoms with Crippen LogP contribution in [0.2, 0.25) is 0 Å². The second-order valence-corrected chi connectivity index (χ2v) is 6.21. The van der Waals surface area contributed by atoms with Crippen LogP contribution in [-0.2, 0) is 16.1 Å². The highest BCUT2D eigenvalue weighted by Gasteiger charge is 2.36. The molecule has 6 heteroatoms. The summed E-state index contributed by atoms with van der Waals surface area (Å²) >= 11 is 1.60. The average molecular weight is 308 g/mol. The molecule has 2 N–H and O–H groups in total. The van der Waals surface area contributed by atoms with E-state index in [1.54, 1.807) is 22.3 Å². The van der Waals surface area contributed by atoms with Crippen LogP contribution in [0.25, 0.3) is 0 Å². The summed E-state index contributed by atoms with van der Waals surface area (Å²) < 4.78 is 0. The smallest absolute Gasteiger partial charge is 0.320 e. The zero-order valence-electron chi connectivity index (χ0n) is 11.8. The lowest BCUT2D eigenvalue weighted by atomic mass is 10.2. The van der Waals surface area contributed by atoms with Crippen molar-refractivity contribution in [2.45, 2.75) is 25.4 Å². The number of hydrogen-bond donors (Lipinski definition) is 2. The standard InChI is InChI=1S/C15H20N2O3S/c1-2-7-17(10-12-4-3-8-21-12)13(18)9-16-14(15(19)20)11-5-6-11/h2-4,8,11,14,16H,1,5-7,9-10H2,(H,19,20). The molecule has 1 heterocycles. The van der Waals surface area contributed by atoms with E-state index in [2.05, 4.69) is 11.9 Å². The number of carboxylic acids is 1. The Balaban J connectivity index is 1.88. The Morgan fingerprint density at radius 1 is 1.57 bits per heavy atom. The highest BCUT2D eigenvalue weighted by molar-refractivity contribution is 7.09. The van der Waals surface area contributed by atoms with Crippen LogP contribution >= 0.6 is 11.3 Å². The van der Waals surface area contributed by atoms with Crippen LogP contribution in [0.1, 0.15) is 17.7 Å². The highest BCUT2D eigenvalue weighted by atomic mass is 32.1. The molecule has 0 spiro atoms. The van der Waals surface area contributed by atoms with Gasteiger partial charge in [0.1, 0.15) is 6.04 Å². The van der Waals surface area contributed by atoms with E-state index in [0.717, 1.165) is 17.7 Å². The van der Waals surface area contributed by atoms with Crippen molar-refractivity contribution in [3.8, 4) is 0 Å². The van der Waals surface area contributed by atoms with E-state index in [9.17, 15) is 9.59 Å². The van der Waals surface area contributed by atoms with Crippen LogP contribution in [0.4, 0.5) is 0 Å². The minimum absolute atomic E-state index is 0.0483. The van der Waals surface area contributed by atoms with Gasteiger partial charge in [0.05, 0.1) is 13.1 Å². The summed E-state index contributed by atoms with van der Waals surface area (Å²) in [6.07, 6.45) is 3.52. The minimum atomic E-state index is -0.876. The molecular formula is C15H20N2O3S. The fourth-order valence-electron chi connectivity index (χ4n) is 2.20. The van der Waals surface area contributed by atoms with Gasteiger partial charge in [-0.2, -0.15) is 0 Å². The largest absolute Gasteiger partial charge is 0.480 e. The second kappa shape index (κ2) is 7.38. The third kappa shape index (κ3) is 4.68. The summed E-state index contributed by atoms with van der Waals surface area (Å²) in [5.74, 6) is -0.811. The molecule has 1 unspecified atom stereocenters. The van der Waals surface area contributed by atoms with Gasteiger partial charge in [-0.15, -0.1) is 17.9 Å². The van der Waals surface area contributed by atoms with Crippen molar-refractivity contribution in [3.63, 3.8) is 0 Å². The summed E-state index contributed by atoms with van der Waals surface area (Å²) in [5.41, 5.74) is 0. The zero-order valence-corrected chi connectivity index (χ0v) is 12.6. The lowest BCUT2D eigenvalue weighted by Gasteiger charge is -2.22. The molecule has 1 fully saturated rings. The quantitative estimate of drug-likeness (QED) is 0.682. The molecule has 0 aliphatic heterocycles. The molecule has 1 aliphatic carbocycles. The number of thiophene rings is 1. The van der Waals surface area contributed by atoms with E-state index in [4.69, 9.17) is 5.11 Å². The van der Waals surface area contributed by atoms with Gasteiger partial charge in [-0.05, 0) is 30.2 Å². The van der Waals surface area contributed by atoms with E-state index < -0.39 is 12.0 Å². The normalized spacial score (nSPS) is 15.4. The molecule has 1 aliphatic rings. The van der Waals surface area contributed by atoms with Crippen molar-refractivity contribution < 1.29 is 14.7 Å². The van der Waals surface area contributed by atoms with Gasteiger partial charge in [-0.3, -0.25) is 14.9 Å². The van der Waals surface area contributed by atoms with Crippen molar-refractivity contribution in [2.24, 2.45) is 5.92 Å². The molecule has 1 atom stereocenters. The van der Waals surface area contributed by atoms with Gasteiger partial charge in [0.15, 0.2) is 0 Å². The molecule has 0 bridgehead atoms. The van der Waals surface area contributed by atoms with Gasteiger partial charge in [0.25, 0.3) is 0 Å². The van der Waals surface area contributed by atoms with Crippen LogP contribution in [0.3, 0.4) is 0 Å². The Bertz CT molecular complexity index is 497. The van der Waals surface area contributed by atoms with Crippen molar-refractivity contribution in [3.05, 3.63) is 35.0 Å². The first-order valence-corrected chi connectivity index (χ1v) is 7.87. The van der Waals surface area contributed by atoms with E-state index in [-0.39, 0.29) is 18.4 Å². The first kappa shape index (κ1) is 15.7. The number of carboxylic acid groups (broad SMARTS) is 1. The first-order chi connectivity index (χ1) is 10.1. The molecule has 5 nitrogen and oxygen atoms in total. The maximum absolute atomic E-state index is 12.3. The van der Waals surface area contributed by atoms with Crippen LogP contribution in [0.5, 0.6) is 0 Å². The monoisotopic (exact) mass is 308 g/mol. The molecule has 0 aromatic carbocycles. The summed E-state index contributed by atoms with van der Waals surface area (Å²) in [7, 11) is 0. The Morgan fingerprint density at radius 3 is 2.86 bits per heavy atom. The molecule has 2 rings (SSSR count). The zero-order chi connectivity index (χ0) is 15.2. The molecule has 1 amide bonds. The minimum Gasteiger partial charge on any atom is -0.480 e. The van der Waals surface area contributed by atoms with E-state index in [1.807, 2.05) is 17.5 Å². The van der Waals surface area contributed by atoms with Gasteiger partial charge in [0.2, 0.25) is 5.91 Å². The molecule has 0 radical (unpaired) electrons. The number of carbonyl (C=O) groups is 2. The number of aliphatic carboxylic acids is 1. The third-order valence-corrected chi connectivity index (χ3v) is 4.32. The number of nitrogens with zero attached hydrogens (tertiary/aromatic N) is 1. The average Bonchev–Trinajstić information content (AvgIpc) is 3.14. The Morgan fingerprint density at radius 2 is 2.33 bits per heavy atom. The van der Waals surface area contributed by atoms with Gasteiger partial charge in [-0.1, -0.05) is 12.1 Å². The van der Waals surface area contributed by atoms with Gasteiger partial charge < -0.3 is 10.0 Å². The molecule has 21 heavy (non-hydrogen) atoms. The van der Waals surface area contributed by atoms with Crippen molar-refractivity contribution in [1.82, 2.24) is 10.2 Å². The maximum Gasteiger partial charge on any atom is 0.320 e. The number of rotatable bonds is 9. The van der Waals surface area contributed by atoms with Crippen LogP contribution in [-0.4, -0.2) is 41.0 Å². The van der Waals surface area contributed by atoms with E-state index in [1.165, 1.54) is 0 Å². The Labute approximate surface area is 128 Å². The lowest BCUT2D eigenvalue weighted by molar-refractivity contribution is -0.140. The van der Waals surface area contributed by atoms with E-state index in [0.29, 0.717) is 13.1 Å². The van der Waals surface area contributed by atoms with Crippen LogP contribution in [0, 0.1) is 5.92 Å². The number of hydrogen-bond acceptors (Lipinski definition) is 4. The van der Waals surface area contributed by atoms with Gasteiger partial charge >= 0.3 is 5.97 Å². The summed E-state index contributed by atoms with van der Waals surface area (Å²) in [6.45, 7) is 4.71. The molecule has 114 valence electrons. The number of nitrogens with one attached hydrogen (secondary N) is 1. The van der Waals surface area contributed by atoms with Crippen molar-refractivity contribution in [1.29, 1.82) is 0 Å². The first-order valence-electron chi connectivity index (χ1n) is 6.99. The third-order valence-electron chi connectivity index (χ3n) is 3.46. The number of amides is 1. The maximum atomic E-state index is 12.3. The second-order valence-electron chi connectivity index (χ2n) is 5.18. The number of carbonyl (C=O) groups excluding carboxylic acids is 1. The van der Waals surface area contributed by atoms with Crippen molar-refractivity contribution in [2.75, 3.05) is 13.1 Å². The van der Waals surface area contributed by atoms with Crippen LogP contribution < -0.4 is 5.32 Å². The summed E-state index contributed by atoms with van der Waals surface area (Å²) in [4.78, 5) is 26.2. The predicted molar refractivity (Wildman–Crippen MR) is 82.1 cm³/mol.